The zero-order valence-corrected chi connectivity index (χ0v) is 23.9. The van der Waals surface area contributed by atoms with Gasteiger partial charge in [0.05, 0.1) is 28.1 Å². The van der Waals surface area contributed by atoms with E-state index in [9.17, 15) is 0 Å². The lowest BCUT2D eigenvalue weighted by Gasteiger charge is -2.32. The van der Waals surface area contributed by atoms with Gasteiger partial charge in [0, 0.05) is 33.6 Å². The van der Waals surface area contributed by atoms with Crippen LogP contribution in [0.5, 0.6) is 0 Å². The SMILES string of the molecule is CC1(C)OB(c2ccc3c(c2)C2C=c4c(n(-c5ccccc5)c5ccccc45)=CC2N3c2ccccc2)OC1(C)C. The molecule has 2 aliphatic heterocycles. The summed E-state index contributed by atoms with van der Waals surface area (Å²) in [6, 6.07) is 37.1. The number of aromatic nitrogens is 1. The number of rotatable bonds is 3. The summed E-state index contributed by atoms with van der Waals surface area (Å²) >= 11 is 0. The van der Waals surface area contributed by atoms with Crippen LogP contribution in [-0.4, -0.2) is 28.9 Å². The van der Waals surface area contributed by atoms with E-state index in [0.29, 0.717) is 0 Å². The van der Waals surface area contributed by atoms with Crippen molar-refractivity contribution in [1.29, 1.82) is 0 Å². The smallest absolute Gasteiger partial charge is 0.399 e. The summed E-state index contributed by atoms with van der Waals surface area (Å²) in [4.78, 5) is 2.50. The van der Waals surface area contributed by atoms with Gasteiger partial charge in [-0.3, -0.25) is 0 Å². The molecule has 3 aliphatic rings. The minimum atomic E-state index is -0.391. The summed E-state index contributed by atoms with van der Waals surface area (Å²) in [5.41, 5.74) is 6.46. The fourth-order valence-electron chi connectivity index (χ4n) is 6.78. The Morgan fingerprint density at radius 2 is 1.32 bits per heavy atom. The quantitative estimate of drug-likeness (QED) is 0.273. The number of benzene rings is 4. The van der Waals surface area contributed by atoms with Crippen LogP contribution < -0.4 is 20.9 Å². The fraction of sp³-hybridized carbons (Fsp3) is 0.222. The van der Waals surface area contributed by atoms with Crippen molar-refractivity contribution >= 4 is 47.0 Å². The number of fused-ring (bicyclic) bond motifs is 6. The molecule has 4 nitrogen and oxygen atoms in total. The monoisotopic (exact) mass is 536 g/mol. The van der Waals surface area contributed by atoms with E-state index >= 15 is 0 Å². The van der Waals surface area contributed by atoms with E-state index in [1.807, 2.05) is 0 Å². The number of hydrogen-bond acceptors (Lipinski definition) is 3. The molecule has 0 saturated carbocycles. The van der Waals surface area contributed by atoms with E-state index in [2.05, 4.69) is 152 Å². The van der Waals surface area contributed by atoms with Crippen LogP contribution in [-0.2, 0) is 9.31 Å². The molecule has 8 rings (SSSR count). The lowest BCUT2D eigenvalue weighted by Crippen LogP contribution is -2.41. The maximum atomic E-state index is 6.47. The van der Waals surface area contributed by atoms with E-state index in [0.717, 1.165) is 5.46 Å². The van der Waals surface area contributed by atoms with E-state index in [1.54, 1.807) is 0 Å². The third kappa shape index (κ3) is 3.62. The van der Waals surface area contributed by atoms with Crippen molar-refractivity contribution in [2.45, 2.75) is 50.9 Å². The second kappa shape index (κ2) is 8.72. The van der Waals surface area contributed by atoms with Crippen LogP contribution in [0.3, 0.4) is 0 Å². The van der Waals surface area contributed by atoms with E-state index < -0.39 is 7.12 Å². The predicted octanol–water partition coefficient (Wildman–Crippen LogP) is 5.81. The Bertz CT molecular complexity index is 1910. The summed E-state index contributed by atoms with van der Waals surface area (Å²) in [6.07, 6.45) is 4.98. The molecule has 0 amide bonds. The minimum absolute atomic E-state index is 0.139. The van der Waals surface area contributed by atoms with Gasteiger partial charge in [-0.2, -0.15) is 0 Å². The number of anilines is 2. The molecule has 2 unspecified atom stereocenters. The number of para-hydroxylation sites is 3. The van der Waals surface area contributed by atoms with Gasteiger partial charge in [-0.1, -0.05) is 72.8 Å². The van der Waals surface area contributed by atoms with Crippen molar-refractivity contribution in [3.8, 4) is 5.69 Å². The van der Waals surface area contributed by atoms with Crippen LogP contribution in [0.25, 0.3) is 28.7 Å². The molecule has 5 aromatic rings. The molecule has 0 spiro atoms. The number of hydrogen-bond donors (Lipinski definition) is 0. The van der Waals surface area contributed by atoms with E-state index in [1.165, 1.54) is 44.1 Å². The molecule has 0 bridgehead atoms. The van der Waals surface area contributed by atoms with Gasteiger partial charge in [0.1, 0.15) is 0 Å². The van der Waals surface area contributed by atoms with Crippen LogP contribution in [0.1, 0.15) is 39.2 Å². The van der Waals surface area contributed by atoms with Crippen molar-refractivity contribution in [3.63, 3.8) is 0 Å². The molecule has 1 saturated heterocycles. The minimum Gasteiger partial charge on any atom is -0.399 e. The Morgan fingerprint density at radius 3 is 2.02 bits per heavy atom. The highest BCUT2D eigenvalue weighted by atomic mass is 16.7. The van der Waals surface area contributed by atoms with Crippen molar-refractivity contribution in [2.75, 3.05) is 4.90 Å². The van der Waals surface area contributed by atoms with Gasteiger partial charge in [-0.15, -0.1) is 0 Å². The molecule has 0 N–H and O–H groups in total. The Labute approximate surface area is 241 Å². The van der Waals surface area contributed by atoms with Crippen molar-refractivity contribution in [1.82, 2.24) is 4.57 Å². The van der Waals surface area contributed by atoms with Gasteiger partial charge < -0.3 is 18.8 Å². The Balaban J connectivity index is 1.35. The molecule has 1 aromatic heterocycles. The highest BCUT2D eigenvalue weighted by Gasteiger charge is 2.52. The Hall–Kier alpha value is -4.06. The van der Waals surface area contributed by atoms with Crippen LogP contribution >= 0.6 is 0 Å². The molecular formula is C36H33BN2O2. The van der Waals surface area contributed by atoms with Gasteiger partial charge >= 0.3 is 7.12 Å². The second-order valence-corrected chi connectivity index (χ2v) is 12.4. The van der Waals surface area contributed by atoms with Crippen LogP contribution in [0.4, 0.5) is 11.4 Å². The average molecular weight is 536 g/mol. The van der Waals surface area contributed by atoms with Gasteiger partial charge in [-0.25, -0.2) is 0 Å². The number of nitrogens with zero attached hydrogens (tertiary/aromatic N) is 2. The van der Waals surface area contributed by atoms with Crippen molar-refractivity contribution in [3.05, 3.63) is 119 Å². The van der Waals surface area contributed by atoms with Gasteiger partial charge in [0.2, 0.25) is 0 Å². The van der Waals surface area contributed by atoms with Crippen LogP contribution in [0.15, 0.2) is 103 Å². The Kier molecular flexibility index (Phi) is 5.26. The third-order valence-electron chi connectivity index (χ3n) is 9.54. The van der Waals surface area contributed by atoms with Crippen LogP contribution in [0, 0.1) is 0 Å². The summed E-state index contributed by atoms with van der Waals surface area (Å²) < 4.78 is 15.3. The first kappa shape index (κ1) is 24.7. The largest absolute Gasteiger partial charge is 0.494 e. The van der Waals surface area contributed by atoms with Crippen LogP contribution in [0.2, 0.25) is 0 Å². The first-order chi connectivity index (χ1) is 19.8. The first-order valence-electron chi connectivity index (χ1n) is 14.5. The van der Waals surface area contributed by atoms with Gasteiger partial charge in [-0.05, 0) is 81.2 Å². The molecule has 41 heavy (non-hydrogen) atoms. The maximum absolute atomic E-state index is 6.47. The fourth-order valence-corrected chi connectivity index (χ4v) is 6.78. The topological polar surface area (TPSA) is 26.6 Å². The molecule has 5 heteroatoms. The van der Waals surface area contributed by atoms with Crippen molar-refractivity contribution < 1.29 is 9.31 Å². The van der Waals surface area contributed by atoms with E-state index in [-0.39, 0.29) is 23.2 Å². The highest BCUT2D eigenvalue weighted by Crippen LogP contribution is 2.47. The summed E-state index contributed by atoms with van der Waals surface area (Å²) in [6.45, 7) is 8.45. The normalized spacial score (nSPS) is 21.7. The standard InChI is InChI=1S/C36H33BN2O2/c1-35(2)36(3,4)41-37(40-35)24-19-20-32-28(21-24)30-22-29-27-17-11-12-18-31(27)38(25-13-7-5-8-14-25)33(29)23-34(30)39(32)26-15-9-6-10-16-26/h5-23,30,34H,1-4H3. The lowest BCUT2D eigenvalue weighted by molar-refractivity contribution is 0.00578. The molecule has 1 aliphatic carbocycles. The summed E-state index contributed by atoms with van der Waals surface area (Å²) in [5, 5.41) is 3.83. The van der Waals surface area contributed by atoms with Gasteiger partial charge in [0.25, 0.3) is 0 Å². The Morgan fingerprint density at radius 1 is 0.683 bits per heavy atom. The zero-order valence-electron chi connectivity index (χ0n) is 23.9. The summed E-state index contributed by atoms with van der Waals surface area (Å²) in [7, 11) is -0.391. The van der Waals surface area contributed by atoms with E-state index in [4.69, 9.17) is 9.31 Å². The third-order valence-corrected chi connectivity index (χ3v) is 9.54. The molecule has 3 heterocycles. The molecule has 2 atom stereocenters. The highest BCUT2D eigenvalue weighted by molar-refractivity contribution is 6.62. The molecule has 4 aromatic carbocycles. The molecule has 0 radical (unpaired) electrons. The molecule has 202 valence electrons. The average Bonchev–Trinajstić information content (AvgIpc) is 3.55. The summed E-state index contributed by atoms with van der Waals surface area (Å²) in [5.74, 6) is 0.190. The predicted molar refractivity (Wildman–Crippen MR) is 169 cm³/mol. The lowest BCUT2D eigenvalue weighted by atomic mass is 9.77. The van der Waals surface area contributed by atoms with Crippen molar-refractivity contribution in [2.24, 2.45) is 0 Å². The second-order valence-electron chi connectivity index (χ2n) is 12.4. The van der Waals surface area contributed by atoms with Gasteiger partial charge in [0.15, 0.2) is 0 Å². The molecule has 1 fully saturated rings. The maximum Gasteiger partial charge on any atom is 0.494 e. The first-order valence-corrected chi connectivity index (χ1v) is 14.5. The molecular weight excluding hydrogens is 503 g/mol. The zero-order chi connectivity index (χ0) is 27.9.